The van der Waals surface area contributed by atoms with Gasteiger partial charge in [0.1, 0.15) is 5.82 Å². The number of carbonyl (C=O) groups excluding carboxylic acids is 2. The summed E-state index contributed by atoms with van der Waals surface area (Å²) in [6.07, 6.45) is 0. The second-order valence-electron chi connectivity index (χ2n) is 6.47. The molecule has 0 spiro atoms. The summed E-state index contributed by atoms with van der Waals surface area (Å²) in [6.45, 7) is 4.43. The SMILES string of the molecule is CCN(C)Cc1cccc(CNC(=O)CSCC(=O)Nc2ccc(F)cc2)c1. The van der Waals surface area contributed by atoms with E-state index < -0.39 is 0 Å². The molecule has 0 bridgehead atoms. The van der Waals surface area contributed by atoms with Crippen LogP contribution in [-0.2, 0) is 22.7 Å². The van der Waals surface area contributed by atoms with E-state index >= 15 is 0 Å². The smallest absolute Gasteiger partial charge is 0.234 e. The molecule has 28 heavy (non-hydrogen) atoms. The van der Waals surface area contributed by atoms with Gasteiger partial charge in [0, 0.05) is 18.8 Å². The van der Waals surface area contributed by atoms with Gasteiger partial charge in [-0.3, -0.25) is 9.59 Å². The molecule has 0 aliphatic heterocycles. The van der Waals surface area contributed by atoms with Gasteiger partial charge in [-0.25, -0.2) is 4.39 Å². The highest BCUT2D eigenvalue weighted by Crippen LogP contribution is 2.10. The Morgan fingerprint density at radius 3 is 2.43 bits per heavy atom. The summed E-state index contributed by atoms with van der Waals surface area (Å²) in [5.74, 6) is -0.335. The van der Waals surface area contributed by atoms with Gasteiger partial charge in [-0.2, -0.15) is 0 Å². The Morgan fingerprint density at radius 2 is 1.71 bits per heavy atom. The Hall–Kier alpha value is -2.38. The molecule has 150 valence electrons. The molecule has 2 N–H and O–H groups in total. The van der Waals surface area contributed by atoms with Gasteiger partial charge in [0.15, 0.2) is 0 Å². The van der Waals surface area contributed by atoms with Gasteiger partial charge in [-0.15, -0.1) is 11.8 Å². The van der Waals surface area contributed by atoms with E-state index in [4.69, 9.17) is 0 Å². The Kier molecular flexibility index (Phi) is 8.97. The Balaban J connectivity index is 1.67. The van der Waals surface area contributed by atoms with Crippen LogP contribution in [-0.4, -0.2) is 41.8 Å². The molecule has 0 radical (unpaired) electrons. The highest BCUT2D eigenvalue weighted by molar-refractivity contribution is 8.00. The van der Waals surface area contributed by atoms with Crippen molar-refractivity contribution in [2.45, 2.75) is 20.0 Å². The van der Waals surface area contributed by atoms with E-state index in [0.717, 1.165) is 18.7 Å². The number of rotatable bonds is 10. The van der Waals surface area contributed by atoms with Crippen molar-refractivity contribution in [3.05, 3.63) is 65.5 Å². The number of benzene rings is 2. The number of amides is 2. The van der Waals surface area contributed by atoms with Crippen LogP contribution in [0.25, 0.3) is 0 Å². The lowest BCUT2D eigenvalue weighted by Crippen LogP contribution is -2.25. The van der Waals surface area contributed by atoms with Gasteiger partial charge in [0.05, 0.1) is 11.5 Å². The van der Waals surface area contributed by atoms with Crippen LogP contribution in [0.2, 0.25) is 0 Å². The molecular weight excluding hydrogens is 377 g/mol. The third kappa shape index (κ3) is 8.10. The maximum absolute atomic E-state index is 12.8. The van der Waals surface area contributed by atoms with Crippen LogP contribution in [0.4, 0.5) is 10.1 Å². The lowest BCUT2D eigenvalue weighted by molar-refractivity contribution is -0.118. The first-order chi connectivity index (χ1) is 13.5. The summed E-state index contributed by atoms with van der Waals surface area (Å²) in [6, 6.07) is 13.7. The maximum atomic E-state index is 12.8. The van der Waals surface area contributed by atoms with Crippen molar-refractivity contribution in [3.8, 4) is 0 Å². The molecule has 0 aromatic heterocycles. The Morgan fingerprint density at radius 1 is 1.04 bits per heavy atom. The first-order valence-electron chi connectivity index (χ1n) is 9.12. The number of hydrogen-bond donors (Lipinski definition) is 2. The topological polar surface area (TPSA) is 61.4 Å². The molecule has 0 heterocycles. The minimum atomic E-state index is -0.355. The van der Waals surface area contributed by atoms with Crippen LogP contribution in [0, 0.1) is 5.82 Å². The summed E-state index contributed by atoms with van der Waals surface area (Å²) >= 11 is 1.24. The molecule has 0 fully saturated rings. The van der Waals surface area contributed by atoms with Crippen molar-refractivity contribution < 1.29 is 14.0 Å². The van der Waals surface area contributed by atoms with E-state index in [-0.39, 0.29) is 29.1 Å². The Labute approximate surface area is 169 Å². The summed E-state index contributed by atoms with van der Waals surface area (Å²) in [5, 5.41) is 5.54. The zero-order valence-corrected chi connectivity index (χ0v) is 17.0. The number of carbonyl (C=O) groups is 2. The van der Waals surface area contributed by atoms with Crippen LogP contribution < -0.4 is 10.6 Å². The minimum absolute atomic E-state index is 0.115. The van der Waals surface area contributed by atoms with E-state index in [1.54, 1.807) is 0 Å². The monoisotopic (exact) mass is 403 g/mol. The van der Waals surface area contributed by atoms with E-state index in [2.05, 4.69) is 41.6 Å². The lowest BCUT2D eigenvalue weighted by Gasteiger charge is -2.14. The molecule has 0 aliphatic rings. The number of nitrogens with one attached hydrogen (secondary N) is 2. The second-order valence-corrected chi connectivity index (χ2v) is 7.46. The standard InChI is InChI=1S/C21H26FN3O2S/c1-3-25(2)13-17-6-4-5-16(11-17)12-23-20(26)14-28-15-21(27)24-19-9-7-18(22)8-10-19/h4-11H,3,12-15H2,1-2H3,(H,23,26)(H,24,27). The van der Waals surface area contributed by atoms with E-state index in [1.807, 2.05) is 12.1 Å². The van der Waals surface area contributed by atoms with Crippen LogP contribution in [0.1, 0.15) is 18.1 Å². The lowest BCUT2D eigenvalue weighted by atomic mass is 10.1. The predicted octanol–water partition coefficient (Wildman–Crippen LogP) is 3.27. The number of hydrogen-bond acceptors (Lipinski definition) is 4. The van der Waals surface area contributed by atoms with Gasteiger partial charge >= 0.3 is 0 Å². The van der Waals surface area contributed by atoms with Crippen molar-refractivity contribution >= 4 is 29.3 Å². The molecule has 2 aromatic carbocycles. The molecule has 0 saturated heterocycles. The molecule has 2 rings (SSSR count). The van der Waals surface area contributed by atoms with Crippen molar-refractivity contribution in [2.75, 3.05) is 30.4 Å². The normalized spacial score (nSPS) is 10.7. The zero-order valence-electron chi connectivity index (χ0n) is 16.2. The first kappa shape index (κ1) is 21.9. The average Bonchev–Trinajstić information content (AvgIpc) is 2.68. The summed E-state index contributed by atoms with van der Waals surface area (Å²) in [7, 11) is 2.07. The first-order valence-corrected chi connectivity index (χ1v) is 10.3. The third-order valence-electron chi connectivity index (χ3n) is 4.07. The van der Waals surface area contributed by atoms with Crippen LogP contribution >= 0.6 is 11.8 Å². The summed E-state index contributed by atoms with van der Waals surface area (Å²) in [5.41, 5.74) is 2.79. The van der Waals surface area contributed by atoms with Gasteiger partial charge < -0.3 is 15.5 Å². The molecule has 0 atom stereocenters. The molecule has 7 heteroatoms. The number of halogens is 1. The van der Waals surface area contributed by atoms with Gasteiger partial charge in [0.2, 0.25) is 11.8 Å². The summed E-state index contributed by atoms with van der Waals surface area (Å²) < 4.78 is 12.8. The van der Waals surface area contributed by atoms with Crippen LogP contribution in [0.3, 0.4) is 0 Å². The second kappa shape index (κ2) is 11.5. The third-order valence-corrected chi connectivity index (χ3v) is 5.00. The average molecular weight is 404 g/mol. The number of anilines is 1. The molecule has 0 saturated carbocycles. The highest BCUT2D eigenvalue weighted by atomic mass is 32.2. The molecular formula is C21H26FN3O2S. The van der Waals surface area contributed by atoms with Gasteiger partial charge in [0.25, 0.3) is 0 Å². The van der Waals surface area contributed by atoms with Crippen LogP contribution in [0.5, 0.6) is 0 Å². The number of nitrogens with zero attached hydrogens (tertiary/aromatic N) is 1. The predicted molar refractivity (Wildman–Crippen MR) is 113 cm³/mol. The van der Waals surface area contributed by atoms with Gasteiger partial charge in [-0.05, 0) is 49.0 Å². The minimum Gasteiger partial charge on any atom is -0.351 e. The zero-order chi connectivity index (χ0) is 20.4. The van der Waals surface area contributed by atoms with Gasteiger partial charge in [-0.1, -0.05) is 31.2 Å². The van der Waals surface area contributed by atoms with Crippen molar-refractivity contribution in [2.24, 2.45) is 0 Å². The largest absolute Gasteiger partial charge is 0.351 e. The highest BCUT2D eigenvalue weighted by Gasteiger charge is 2.07. The fourth-order valence-electron chi connectivity index (χ4n) is 2.48. The van der Waals surface area contributed by atoms with Crippen molar-refractivity contribution in [1.82, 2.24) is 10.2 Å². The van der Waals surface area contributed by atoms with E-state index in [1.165, 1.54) is 41.6 Å². The van der Waals surface area contributed by atoms with Crippen molar-refractivity contribution in [3.63, 3.8) is 0 Å². The maximum Gasteiger partial charge on any atom is 0.234 e. The fourth-order valence-corrected chi connectivity index (χ4v) is 3.13. The van der Waals surface area contributed by atoms with Crippen molar-refractivity contribution in [1.29, 1.82) is 0 Å². The molecule has 2 amide bonds. The quantitative estimate of drug-likeness (QED) is 0.639. The molecule has 0 aliphatic carbocycles. The molecule has 5 nitrogen and oxygen atoms in total. The van der Waals surface area contributed by atoms with Crippen LogP contribution in [0.15, 0.2) is 48.5 Å². The Bertz CT molecular complexity index is 783. The molecule has 0 unspecified atom stereocenters. The fraction of sp³-hybridized carbons (Fsp3) is 0.333. The molecule has 2 aromatic rings. The van der Waals surface area contributed by atoms with E-state index in [9.17, 15) is 14.0 Å². The summed E-state index contributed by atoms with van der Waals surface area (Å²) in [4.78, 5) is 26.0. The number of thioether (sulfide) groups is 1. The van der Waals surface area contributed by atoms with E-state index in [0.29, 0.717) is 12.2 Å².